The number of aliphatic hydroxyl groups excluding tert-OH is 1. The van der Waals surface area contributed by atoms with Crippen LogP contribution < -0.4 is 0 Å². The van der Waals surface area contributed by atoms with Crippen molar-refractivity contribution in [1.82, 2.24) is 9.55 Å². The Morgan fingerprint density at radius 2 is 2.55 bits per heavy atom. The van der Waals surface area contributed by atoms with Crippen LogP contribution in [-0.4, -0.2) is 20.8 Å². The third kappa shape index (κ3) is 1.16. The fraction of sp³-hybridized carbons (Fsp3) is 0.625. The van der Waals surface area contributed by atoms with E-state index in [0.717, 1.165) is 30.9 Å². The molecule has 0 amide bonds. The van der Waals surface area contributed by atoms with Crippen molar-refractivity contribution in [2.24, 2.45) is 0 Å². The van der Waals surface area contributed by atoms with Gasteiger partial charge in [-0.1, -0.05) is 0 Å². The van der Waals surface area contributed by atoms with E-state index in [1.165, 1.54) is 0 Å². The summed E-state index contributed by atoms with van der Waals surface area (Å²) in [6.45, 7) is 2.70. The molecule has 0 aromatic carbocycles. The van der Waals surface area contributed by atoms with Gasteiger partial charge < -0.3 is 9.67 Å². The molecule has 0 fully saturated rings. The summed E-state index contributed by atoms with van der Waals surface area (Å²) in [6.07, 6.45) is 3.60. The van der Waals surface area contributed by atoms with Gasteiger partial charge >= 0.3 is 0 Å². The summed E-state index contributed by atoms with van der Waals surface area (Å²) in [5, 5.41) is 9.32. The number of aryl methyl sites for hydroxylation is 2. The minimum Gasteiger partial charge on any atom is -0.391 e. The van der Waals surface area contributed by atoms with Crippen molar-refractivity contribution in [1.29, 1.82) is 0 Å². The van der Waals surface area contributed by atoms with Gasteiger partial charge in [-0.2, -0.15) is 0 Å². The molecule has 60 valence electrons. The lowest BCUT2D eigenvalue weighted by atomic mass is 10.1. The second-order valence-electron chi connectivity index (χ2n) is 3.14. The maximum Gasteiger partial charge on any atom is 0.109 e. The van der Waals surface area contributed by atoms with E-state index in [2.05, 4.69) is 4.98 Å². The molecule has 1 atom stereocenters. The Bertz CT molecular complexity index is 267. The van der Waals surface area contributed by atoms with Crippen molar-refractivity contribution in [3.63, 3.8) is 0 Å². The number of hydrogen-bond donors (Lipinski definition) is 1. The van der Waals surface area contributed by atoms with Crippen molar-refractivity contribution in [3.05, 3.63) is 17.7 Å². The van der Waals surface area contributed by atoms with Gasteiger partial charge in [-0.25, -0.2) is 4.98 Å². The van der Waals surface area contributed by atoms with Crippen LogP contribution in [0.5, 0.6) is 0 Å². The highest BCUT2D eigenvalue weighted by Gasteiger charge is 2.16. The topological polar surface area (TPSA) is 38.0 Å². The fourth-order valence-electron chi connectivity index (χ4n) is 1.57. The molecule has 0 bridgehead atoms. The molecular weight excluding hydrogens is 140 g/mol. The van der Waals surface area contributed by atoms with Crippen LogP contribution in [0.2, 0.25) is 0 Å². The molecule has 2 heterocycles. The smallest absolute Gasteiger partial charge is 0.109 e. The fourth-order valence-corrected chi connectivity index (χ4v) is 1.57. The first-order valence-electron chi connectivity index (χ1n) is 3.96. The van der Waals surface area contributed by atoms with Crippen LogP contribution in [0.3, 0.4) is 0 Å². The summed E-state index contributed by atoms with van der Waals surface area (Å²) in [7, 11) is 0. The van der Waals surface area contributed by atoms with Crippen molar-refractivity contribution in [2.45, 2.75) is 32.4 Å². The molecule has 0 saturated heterocycles. The molecular formula is C8H12N2O. The van der Waals surface area contributed by atoms with E-state index in [1.54, 1.807) is 0 Å². The molecule has 1 aliphatic heterocycles. The summed E-state index contributed by atoms with van der Waals surface area (Å²) in [4.78, 5) is 4.34. The molecule has 1 unspecified atom stereocenters. The first-order valence-corrected chi connectivity index (χ1v) is 3.96. The van der Waals surface area contributed by atoms with Crippen molar-refractivity contribution < 1.29 is 5.11 Å². The predicted octanol–water partition coefficient (Wildman–Crippen LogP) is 0.499. The van der Waals surface area contributed by atoms with Crippen molar-refractivity contribution in [3.8, 4) is 0 Å². The molecule has 1 aromatic heterocycles. The van der Waals surface area contributed by atoms with Gasteiger partial charge in [0.2, 0.25) is 0 Å². The summed E-state index contributed by atoms with van der Waals surface area (Å²) in [5.74, 6) is 1.12. The second kappa shape index (κ2) is 2.34. The van der Waals surface area contributed by atoms with E-state index >= 15 is 0 Å². The Morgan fingerprint density at radius 1 is 1.73 bits per heavy atom. The van der Waals surface area contributed by atoms with E-state index in [1.807, 2.05) is 17.7 Å². The average molecular weight is 152 g/mol. The van der Waals surface area contributed by atoms with E-state index in [-0.39, 0.29) is 6.10 Å². The lowest BCUT2D eigenvalue weighted by Crippen LogP contribution is -2.23. The van der Waals surface area contributed by atoms with Crippen LogP contribution in [-0.2, 0) is 13.0 Å². The zero-order chi connectivity index (χ0) is 7.84. The average Bonchev–Trinajstić information content (AvgIpc) is 2.27. The maximum absolute atomic E-state index is 9.32. The monoisotopic (exact) mass is 152 g/mol. The quantitative estimate of drug-likeness (QED) is 0.587. The minimum absolute atomic E-state index is 0.170. The lowest BCUT2D eigenvalue weighted by molar-refractivity contribution is 0.130. The van der Waals surface area contributed by atoms with E-state index in [0.29, 0.717) is 0 Å². The Labute approximate surface area is 65.7 Å². The number of aromatic nitrogens is 2. The number of imidazole rings is 1. The molecule has 1 aliphatic rings. The van der Waals surface area contributed by atoms with Gasteiger partial charge in [0.15, 0.2) is 0 Å². The number of nitrogens with zero attached hydrogens (tertiary/aromatic N) is 2. The predicted molar refractivity (Wildman–Crippen MR) is 41.3 cm³/mol. The SMILES string of the molecule is Cc1cn2c(n1)CCC(O)C2. The van der Waals surface area contributed by atoms with Gasteiger partial charge in [-0.15, -0.1) is 0 Å². The molecule has 11 heavy (non-hydrogen) atoms. The van der Waals surface area contributed by atoms with Gasteiger partial charge in [-0.05, 0) is 13.3 Å². The molecule has 1 aromatic rings. The number of rotatable bonds is 0. The number of fused-ring (bicyclic) bond motifs is 1. The highest BCUT2D eigenvalue weighted by Crippen LogP contribution is 2.14. The lowest BCUT2D eigenvalue weighted by Gasteiger charge is -2.18. The molecule has 3 heteroatoms. The van der Waals surface area contributed by atoms with E-state index in [4.69, 9.17) is 0 Å². The Hall–Kier alpha value is -0.830. The van der Waals surface area contributed by atoms with E-state index < -0.39 is 0 Å². The van der Waals surface area contributed by atoms with Gasteiger partial charge in [0.05, 0.1) is 11.8 Å². The van der Waals surface area contributed by atoms with Crippen molar-refractivity contribution in [2.75, 3.05) is 0 Å². The Morgan fingerprint density at radius 3 is 3.36 bits per heavy atom. The molecule has 0 radical (unpaired) electrons. The van der Waals surface area contributed by atoms with Crippen LogP contribution in [0.1, 0.15) is 17.9 Å². The summed E-state index contributed by atoms with van der Waals surface area (Å²) in [6, 6.07) is 0. The number of aliphatic hydroxyl groups is 1. The van der Waals surface area contributed by atoms with Crippen LogP contribution in [0.15, 0.2) is 6.20 Å². The largest absolute Gasteiger partial charge is 0.391 e. The number of hydrogen-bond acceptors (Lipinski definition) is 2. The van der Waals surface area contributed by atoms with Crippen LogP contribution in [0, 0.1) is 6.92 Å². The minimum atomic E-state index is -0.170. The van der Waals surface area contributed by atoms with Gasteiger partial charge in [-0.3, -0.25) is 0 Å². The highest BCUT2D eigenvalue weighted by atomic mass is 16.3. The third-order valence-corrected chi connectivity index (χ3v) is 2.09. The maximum atomic E-state index is 9.32. The van der Waals surface area contributed by atoms with Crippen LogP contribution >= 0.6 is 0 Å². The molecule has 2 rings (SSSR count). The summed E-state index contributed by atoms with van der Waals surface area (Å²) >= 11 is 0. The van der Waals surface area contributed by atoms with Crippen molar-refractivity contribution >= 4 is 0 Å². The van der Waals surface area contributed by atoms with E-state index in [9.17, 15) is 5.11 Å². The Kier molecular flexibility index (Phi) is 1.46. The summed E-state index contributed by atoms with van der Waals surface area (Å²) in [5.41, 5.74) is 1.05. The molecule has 0 spiro atoms. The zero-order valence-corrected chi connectivity index (χ0v) is 6.62. The van der Waals surface area contributed by atoms with Crippen LogP contribution in [0.4, 0.5) is 0 Å². The first-order chi connectivity index (χ1) is 5.25. The van der Waals surface area contributed by atoms with Gasteiger partial charge in [0.25, 0.3) is 0 Å². The van der Waals surface area contributed by atoms with Gasteiger partial charge in [0.1, 0.15) is 5.82 Å². The zero-order valence-electron chi connectivity index (χ0n) is 6.62. The van der Waals surface area contributed by atoms with Crippen LogP contribution in [0.25, 0.3) is 0 Å². The summed E-state index contributed by atoms with van der Waals surface area (Å²) < 4.78 is 2.05. The molecule has 1 N–H and O–H groups in total. The molecule has 0 saturated carbocycles. The normalized spacial score (nSPS) is 23.3. The highest BCUT2D eigenvalue weighted by molar-refractivity contribution is 5.04. The first kappa shape index (κ1) is 6.85. The molecule has 0 aliphatic carbocycles. The Balaban J connectivity index is 2.34. The third-order valence-electron chi connectivity index (χ3n) is 2.09. The standard InChI is InChI=1S/C8H12N2O/c1-6-4-10-5-7(11)2-3-8(10)9-6/h4,7,11H,2-3,5H2,1H3. The van der Waals surface area contributed by atoms with Gasteiger partial charge in [0, 0.05) is 19.2 Å². The second-order valence-corrected chi connectivity index (χ2v) is 3.14. The molecule has 3 nitrogen and oxygen atoms in total.